The molecular weight excluding hydrogens is 743 g/mol. The van der Waals surface area contributed by atoms with Crippen LogP contribution in [0, 0.1) is 0 Å². The molecule has 0 aliphatic carbocycles. The van der Waals surface area contributed by atoms with Gasteiger partial charge in [0.25, 0.3) is 0 Å². The van der Waals surface area contributed by atoms with E-state index >= 15 is 0 Å². The zero-order chi connectivity index (χ0) is 43.8. The minimum absolute atomic E-state index is 0.0599. The number of hydrogen-bond acceptors (Lipinski definition) is 5. The standard InChI is InChI=1S/C54H99NO5/c1-4-7-10-13-16-19-22-25-27-29-31-34-37-40-43-46-52(57)51(49-56)55-53(58)48-50(45-42-39-36-33-30-28-26-23-20-17-14-11-8-5-2)60-54(59)47-44-41-38-35-32-24-21-18-15-12-9-6-3/h8,11,17-18,20-21,26,28,50-52,56-57H,4-7,9-10,12-16,19,22-25,27,29-49H2,1-3H3,(H,55,58)/b11-8+,20-17+,21-18-,28-26+. The van der Waals surface area contributed by atoms with E-state index < -0.39 is 18.2 Å². The van der Waals surface area contributed by atoms with E-state index in [1.807, 2.05) is 0 Å². The molecule has 60 heavy (non-hydrogen) atoms. The number of unbranched alkanes of at least 4 members (excludes halogenated alkanes) is 26. The molecule has 0 heterocycles. The minimum atomic E-state index is -0.795. The van der Waals surface area contributed by atoms with E-state index in [1.54, 1.807) is 0 Å². The second kappa shape index (κ2) is 47.9. The topological polar surface area (TPSA) is 95.9 Å². The van der Waals surface area contributed by atoms with E-state index in [4.69, 9.17) is 4.74 Å². The number of ether oxygens (including phenoxy) is 1. The summed E-state index contributed by atoms with van der Waals surface area (Å²) in [6, 6.07) is -0.710. The second-order valence-corrected chi connectivity index (χ2v) is 17.5. The first kappa shape index (κ1) is 57.8. The number of carbonyl (C=O) groups excluding carboxylic acids is 2. The summed E-state index contributed by atoms with van der Waals surface area (Å²) in [6.07, 6.45) is 57.4. The van der Waals surface area contributed by atoms with Gasteiger partial charge in [0.15, 0.2) is 0 Å². The molecule has 350 valence electrons. The molecule has 0 aliphatic heterocycles. The van der Waals surface area contributed by atoms with Crippen LogP contribution in [-0.2, 0) is 14.3 Å². The second-order valence-electron chi connectivity index (χ2n) is 17.5. The van der Waals surface area contributed by atoms with E-state index in [1.165, 1.54) is 116 Å². The number of carbonyl (C=O) groups is 2. The summed E-state index contributed by atoms with van der Waals surface area (Å²) in [5.41, 5.74) is 0. The van der Waals surface area contributed by atoms with E-state index in [0.29, 0.717) is 19.3 Å². The molecule has 0 saturated heterocycles. The van der Waals surface area contributed by atoms with Gasteiger partial charge in [-0.3, -0.25) is 9.59 Å². The average Bonchev–Trinajstić information content (AvgIpc) is 3.24. The highest BCUT2D eigenvalue weighted by molar-refractivity contribution is 5.77. The van der Waals surface area contributed by atoms with Crippen molar-refractivity contribution < 1.29 is 24.5 Å². The van der Waals surface area contributed by atoms with Crippen molar-refractivity contribution in [2.75, 3.05) is 6.61 Å². The monoisotopic (exact) mass is 842 g/mol. The third-order valence-electron chi connectivity index (χ3n) is 11.6. The number of allylic oxidation sites excluding steroid dienone is 8. The van der Waals surface area contributed by atoms with E-state index in [9.17, 15) is 19.8 Å². The summed E-state index contributed by atoms with van der Waals surface area (Å²) in [6.45, 7) is 6.35. The first-order valence-corrected chi connectivity index (χ1v) is 25.9. The highest BCUT2D eigenvalue weighted by Crippen LogP contribution is 2.18. The molecular formula is C54H99NO5. The van der Waals surface area contributed by atoms with Crippen molar-refractivity contribution in [3.8, 4) is 0 Å². The van der Waals surface area contributed by atoms with Crippen LogP contribution >= 0.6 is 0 Å². The highest BCUT2D eigenvalue weighted by atomic mass is 16.5. The molecule has 0 saturated carbocycles. The number of aliphatic hydroxyl groups excluding tert-OH is 2. The van der Waals surface area contributed by atoms with Crippen LogP contribution in [0.5, 0.6) is 0 Å². The van der Waals surface area contributed by atoms with Crippen LogP contribution in [-0.4, -0.2) is 46.9 Å². The SMILES string of the molecule is CC/C=C/C/C=C/C/C=C/CCCCCCC(CC(=O)NC(CO)C(O)CCCCCCCCCCCCCCCCC)OC(=O)CCCCCCC/C=C\CCCCC. The van der Waals surface area contributed by atoms with Crippen molar-refractivity contribution in [1.29, 1.82) is 0 Å². The molecule has 0 aromatic rings. The third kappa shape index (κ3) is 42.5. The molecule has 6 heteroatoms. The maximum absolute atomic E-state index is 13.2. The maximum Gasteiger partial charge on any atom is 0.306 e. The van der Waals surface area contributed by atoms with Crippen LogP contribution in [0.2, 0.25) is 0 Å². The fourth-order valence-electron chi connectivity index (χ4n) is 7.73. The quantitative estimate of drug-likeness (QED) is 0.0322. The number of hydrogen-bond donors (Lipinski definition) is 3. The summed E-state index contributed by atoms with van der Waals surface area (Å²) in [5.74, 6) is -0.502. The lowest BCUT2D eigenvalue weighted by Gasteiger charge is -2.24. The van der Waals surface area contributed by atoms with Gasteiger partial charge in [-0.1, -0.05) is 211 Å². The Balaban J connectivity index is 4.59. The molecule has 1 amide bonds. The first-order valence-electron chi connectivity index (χ1n) is 25.9. The highest BCUT2D eigenvalue weighted by Gasteiger charge is 2.24. The molecule has 6 nitrogen and oxygen atoms in total. The Morgan fingerprint density at radius 2 is 0.900 bits per heavy atom. The molecule has 0 spiro atoms. The van der Waals surface area contributed by atoms with Crippen molar-refractivity contribution in [1.82, 2.24) is 5.32 Å². The Morgan fingerprint density at radius 3 is 1.42 bits per heavy atom. The number of rotatable bonds is 46. The largest absolute Gasteiger partial charge is 0.462 e. The van der Waals surface area contributed by atoms with Gasteiger partial charge in [0.1, 0.15) is 6.10 Å². The fraction of sp³-hybridized carbons (Fsp3) is 0.815. The molecule has 0 aliphatic rings. The predicted octanol–water partition coefficient (Wildman–Crippen LogP) is 15.5. The molecule has 0 aromatic carbocycles. The van der Waals surface area contributed by atoms with Crippen molar-refractivity contribution in [3.05, 3.63) is 48.6 Å². The van der Waals surface area contributed by atoms with Crippen LogP contribution in [0.1, 0.15) is 258 Å². The zero-order valence-electron chi connectivity index (χ0n) is 39.8. The van der Waals surface area contributed by atoms with Gasteiger partial charge in [-0.05, 0) is 83.5 Å². The Bertz CT molecular complexity index is 1040. The molecule has 0 fully saturated rings. The Morgan fingerprint density at radius 1 is 0.500 bits per heavy atom. The molecule has 0 rings (SSSR count). The van der Waals surface area contributed by atoms with Crippen molar-refractivity contribution in [3.63, 3.8) is 0 Å². The molecule has 0 radical (unpaired) electrons. The van der Waals surface area contributed by atoms with E-state index in [2.05, 4.69) is 74.7 Å². The van der Waals surface area contributed by atoms with Gasteiger partial charge >= 0.3 is 5.97 Å². The van der Waals surface area contributed by atoms with Crippen LogP contribution in [0.3, 0.4) is 0 Å². The van der Waals surface area contributed by atoms with Gasteiger partial charge in [-0.2, -0.15) is 0 Å². The molecule has 0 aromatic heterocycles. The van der Waals surface area contributed by atoms with Gasteiger partial charge in [-0.25, -0.2) is 0 Å². The molecule has 3 atom stereocenters. The number of aliphatic hydroxyl groups is 2. The summed E-state index contributed by atoms with van der Waals surface area (Å²) in [4.78, 5) is 26.1. The average molecular weight is 842 g/mol. The number of nitrogens with one attached hydrogen (secondary N) is 1. The number of esters is 1. The summed E-state index contributed by atoms with van der Waals surface area (Å²) >= 11 is 0. The van der Waals surface area contributed by atoms with Crippen LogP contribution in [0.4, 0.5) is 0 Å². The van der Waals surface area contributed by atoms with Crippen LogP contribution in [0.25, 0.3) is 0 Å². The Hall–Kier alpha value is -2.18. The maximum atomic E-state index is 13.2. The van der Waals surface area contributed by atoms with Crippen molar-refractivity contribution in [2.45, 2.75) is 277 Å². The summed E-state index contributed by atoms with van der Waals surface area (Å²) < 4.78 is 5.91. The first-order chi connectivity index (χ1) is 29.5. The summed E-state index contributed by atoms with van der Waals surface area (Å²) in [5, 5.41) is 23.8. The van der Waals surface area contributed by atoms with E-state index in [-0.39, 0.29) is 24.9 Å². The van der Waals surface area contributed by atoms with Crippen LogP contribution < -0.4 is 5.32 Å². The Labute approximate surface area is 372 Å². The van der Waals surface area contributed by atoms with Crippen molar-refractivity contribution in [2.24, 2.45) is 0 Å². The zero-order valence-corrected chi connectivity index (χ0v) is 39.8. The number of amides is 1. The van der Waals surface area contributed by atoms with Gasteiger partial charge in [-0.15, -0.1) is 0 Å². The van der Waals surface area contributed by atoms with Crippen molar-refractivity contribution >= 4 is 11.9 Å². The fourth-order valence-corrected chi connectivity index (χ4v) is 7.73. The molecule has 3 N–H and O–H groups in total. The molecule has 3 unspecified atom stereocenters. The lowest BCUT2D eigenvalue weighted by molar-refractivity contribution is -0.151. The van der Waals surface area contributed by atoms with Gasteiger partial charge in [0, 0.05) is 6.42 Å². The smallest absolute Gasteiger partial charge is 0.306 e. The summed E-state index contributed by atoms with van der Waals surface area (Å²) in [7, 11) is 0. The van der Waals surface area contributed by atoms with E-state index in [0.717, 1.165) is 96.3 Å². The predicted molar refractivity (Wildman–Crippen MR) is 259 cm³/mol. The lowest BCUT2D eigenvalue weighted by atomic mass is 10.0. The third-order valence-corrected chi connectivity index (χ3v) is 11.6. The van der Waals surface area contributed by atoms with Gasteiger partial charge in [0.2, 0.25) is 5.91 Å². The minimum Gasteiger partial charge on any atom is -0.462 e. The molecule has 0 bridgehead atoms. The lowest BCUT2D eigenvalue weighted by Crippen LogP contribution is -2.46. The van der Waals surface area contributed by atoms with Gasteiger partial charge < -0.3 is 20.3 Å². The van der Waals surface area contributed by atoms with Crippen LogP contribution in [0.15, 0.2) is 48.6 Å². The van der Waals surface area contributed by atoms with Gasteiger partial charge in [0.05, 0.1) is 25.2 Å². The Kier molecular flexibility index (Phi) is 46.1. The normalized spacial score (nSPS) is 13.6.